The van der Waals surface area contributed by atoms with Crippen LogP contribution in [-0.4, -0.2) is 28.0 Å². The van der Waals surface area contributed by atoms with Gasteiger partial charge in [-0.05, 0) is 60.2 Å². The highest BCUT2D eigenvalue weighted by Crippen LogP contribution is 2.19. The zero-order chi connectivity index (χ0) is 23.9. The van der Waals surface area contributed by atoms with Gasteiger partial charge in [0.05, 0.1) is 27.9 Å². The third-order valence-corrected chi connectivity index (χ3v) is 7.12. The Kier molecular flexibility index (Phi) is 5.87. The molecule has 0 atom stereocenters. The lowest BCUT2D eigenvalue weighted by molar-refractivity contribution is 0.0697. The molecular formula is C22H14Cl2N2O6S. The molecule has 4 aromatic rings. The van der Waals surface area contributed by atoms with Crippen LogP contribution in [0.15, 0.2) is 81.2 Å². The number of fused-ring (bicyclic) bond motifs is 1. The summed E-state index contributed by atoms with van der Waals surface area (Å²) in [6.07, 6.45) is 0. The van der Waals surface area contributed by atoms with Gasteiger partial charge in [-0.25, -0.2) is 18.0 Å². The molecule has 1 heterocycles. The molecule has 168 valence electrons. The Hall–Kier alpha value is -3.40. The molecule has 0 radical (unpaired) electrons. The second kappa shape index (κ2) is 8.51. The van der Waals surface area contributed by atoms with Gasteiger partial charge in [-0.1, -0.05) is 35.3 Å². The van der Waals surface area contributed by atoms with E-state index in [1.807, 2.05) is 0 Å². The van der Waals surface area contributed by atoms with Gasteiger partial charge in [-0.3, -0.25) is 9.36 Å². The number of aromatic carboxylic acids is 1. The first-order valence-corrected chi connectivity index (χ1v) is 11.6. The number of benzene rings is 3. The maximum absolute atomic E-state index is 13.4. The standard InChI is InChI=1S/C22H14Cl2N2O6S/c23-15-5-8-17(9-6-15)33(31,32)26-20(27)18-10-7-16(24)11-19(18)25(22(26)30)12-13-1-3-14(4-2-13)21(28)29/h1-11H,12H2,(H,28,29). The van der Waals surface area contributed by atoms with Gasteiger partial charge in [0.1, 0.15) is 0 Å². The van der Waals surface area contributed by atoms with E-state index in [2.05, 4.69) is 0 Å². The van der Waals surface area contributed by atoms with E-state index in [-0.39, 0.29) is 41.9 Å². The number of rotatable bonds is 5. The summed E-state index contributed by atoms with van der Waals surface area (Å²) in [5.74, 6) is -1.11. The Labute approximate surface area is 196 Å². The summed E-state index contributed by atoms with van der Waals surface area (Å²) >= 11 is 11.9. The van der Waals surface area contributed by atoms with Gasteiger partial charge in [-0.2, -0.15) is 0 Å². The Morgan fingerprint density at radius 1 is 0.879 bits per heavy atom. The highest BCUT2D eigenvalue weighted by atomic mass is 35.5. The van der Waals surface area contributed by atoms with Gasteiger partial charge in [0, 0.05) is 10.0 Å². The van der Waals surface area contributed by atoms with Crippen LogP contribution in [0.2, 0.25) is 10.0 Å². The van der Waals surface area contributed by atoms with E-state index in [1.165, 1.54) is 66.7 Å². The first-order chi connectivity index (χ1) is 15.6. The molecule has 0 saturated heterocycles. The SMILES string of the molecule is O=C(O)c1ccc(Cn2c(=O)n(S(=O)(=O)c3ccc(Cl)cc3)c(=O)c3ccc(Cl)cc32)cc1. The van der Waals surface area contributed by atoms with Gasteiger partial charge in [0.2, 0.25) is 0 Å². The highest BCUT2D eigenvalue weighted by Gasteiger charge is 2.25. The molecular weight excluding hydrogens is 491 g/mol. The van der Waals surface area contributed by atoms with Crippen molar-refractivity contribution in [1.29, 1.82) is 0 Å². The highest BCUT2D eigenvalue weighted by molar-refractivity contribution is 7.90. The molecule has 1 aromatic heterocycles. The lowest BCUT2D eigenvalue weighted by Crippen LogP contribution is -2.44. The lowest BCUT2D eigenvalue weighted by atomic mass is 10.1. The Morgan fingerprint density at radius 3 is 2.09 bits per heavy atom. The number of carboxylic acid groups (broad SMARTS) is 1. The number of carbonyl (C=O) groups is 1. The predicted octanol–water partition coefficient (Wildman–Crippen LogP) is 3.45. The molecule has 0 aliphatic carbocycles. The summed E-state index contributed by atoms with van der Waals surface area (Å²) in [6.45, 7) is -0.133. The number of hydrogen-bond acceptors (Lipinski definition) is 5. The zero-order valence-electron chi connectivity index (χ0n) is 16.6. The summed E-state index contributed by atoms with van der Waals surface area (Å²) in [4.78, 5) is 37.3. The minimum atomic E-state index is -4.55. The third kappa shape index (κ3) is 4.18. The summed E-state index contributed by atoms with van der Waals surface area (Å²) < 4.78 is 27.8. The molecule has 0 aliphatic rings. The van der Waals surface area contributed by atoms with Crippen molar-refractivity contribution < 1.29 is 18.3 Å². The van der Waals surface area contributed by atoms with Crippen molar-refractivity contribution in [2.45, 2.75) is 11.4 Å². The summed E-state index contributed by atoms with van der Waals surface area (Å²) in [6, 6.07) is 14.9. The Balaban J connectivity index is 1.99. The van der Waals surface area contributed by atoms with Crippen molar-refractivity contribution in [2.75, 3.05) is 0 Å². The molecule has 33 heavy (non-hydrogen) atoms. The average Bonchev–Trinajstić information content (AvgIpc) is 2.77. The number of aromatic nitrogens is 2. The van der Waals surface area contributed by atoms with Crippen LogP contribution < -0.4 is 11.2 Å². The Bertz CT molecular complexity index is 1620. The number of carboxylic acids is 1. The monoisotopic (exact) mass is 504 g/mol. The molecule has 0 aliphatic heterocycles. The van der Waals surface area contributed by atoms with Crippen molar-refractivity contribution in [3.63, 3.8) is 0 Å². The number of hydrogen-bond donors (Lipinski definition) is 1. The average molecular weight is 505 g/mol. The fraction of sp³-hybridized carbons (Fsp3) is 0.0455. The van der Waals surface area contributed by atoms with Crippen LogP contribution in [0.5, 0.6) is 0 Å². The van der Waals surface area contributed by atoms with E-state index in [0.717, 1.165) is 4.57 Å². The molecule has 1 N–H and O–H groups in total. The zero-order valence-corrected chi connectivity index (χ0v) is 18.9. The van der Waals surface area contributed by atoms with Crippen LogP contribution in [0.3, 0.4) is 0 Å². The van der Waals surface area contributed by atoms with E-state index >= 15 is 0 Å². The molecule has 3 aromatic carbocycles. The third-order valence-electron chi connectivity index (χ3n) is 4.96. The number of halogens is 2. The van der Waals surface area contributed by atoms with E-state index < -0.39 is 27.2 Å². The van der Waals surface area contributed by atoms with E-state index in [9.17, 15) is 22.8 Å². The normalized spacial score (nSPS) is 11.6. The second-order valence-corrected chi connectivity index (χ2v) is 9.72. The first-order valence-electron chi connectivity index (χ1n) is 9.38. The fourth-order valence-electron chi connectivity index (χ4n) is 3.33. The summed E-state index contributed by atoms with van der Waals surface area (Å²) in [5, 5.41) is 9.58. The molecule has 11 heteroatoms. The summed E-state index contributed by atoms with van der Waals surface area (Å²) in [5.41, 5.74) is -1.40. The van der Waals surface area contributed by atoms with Crippen molar-refractivity contribution >= 4 is 50.1 Å². The van der Waals surface area contributed by atoms with Crippen molar-refractivity contribution in [2.24, 2.45) is 0 Å². The van der Waals surface area contributed by atoms with Crippen LogP contribution in [-0.2, 0) is 16.6 Å². The smallest absolute Gasteiger partial charge is 0.346 e. The van der Waals surface area contributed by atoms with Crippen molar-refractivity contribution in [1.82, 2.24) is 8.54 Å². The molecule has 4 rings (SSSR count). The van der Waals surface area contributed by atoms with E-state index in [4.69, 9.17) is 28.3 Å². The molecule has 0 fully saturated rings. The van der Waals surface area contributed by atoms with Gasteiger partial charge in [0.15, 0.2) is 0 Å². The van der Waals surface area contributed by atoms with Crippen LogP contribution >= 0.6 is 23.2 Å². The first kappa shape index (κ1) is 22.8. The van der Waals surface area contributed by atoms with Crippen LogP contribution in [0.4, 0.5) is 0 Å². The maximum atomic E-state index is 13.4. The Morgan fingerprint density at radius 2 is 1.48 bits per heavy atom. The van der Waals surface area contributed by atoms with Crippen molar-refractivity contribution in [3.05, 3.63) is 109 Å². The minimum absolute atomic E-state index is 0.0290. The molecule has 0 spiro atoms. The van der Waals surface area contributed by atoms with Crippen molar-refractivity contribution in [3.8, 4) is 0 Å². The topological polar surface area (TPSA) is 115 Å². The fourth-order valence-corrected chi connectivity index (χ4v) is 4.93. The van der Waals surface area contributed by atoms with Gasteiger partial charge in [0.25, 0.3) is 15.6 Å². The maximum Gasteiger partial charge on any atom is 0.346 e. The molecule has 8 nitrogen and oxygen atoms in total. The second-order valence-electron chi connectivity index (χ2n) is 7.06. The van der Waals surface area contributed by atoms with Gasteiger partial charge < -0.3 is 5.11 Å². The van der Waals surface area contributed by atoms with E-state index in [0.29, 0.717) is 5.56 Å². The van der Waals surface area contributed by atoms with Crippen LogP contribution in [0.1, 0.15) is 15.9 Å². The quantitative estimate of drug-likeness (QED) is 0.444. The van der Waals surface area contributed by atoms with E-state index in [1.54, 1.807) is 0 Å². The van der Waals surface area contributed by atoms with Gasteiger partial charge >= 0.3 is 11.7 Å². The number of nitrogens with zero attached hydrogens (tertiary/aromatic N) is 2. The van der Waals surface area contributed by atoms with Crippen LogP contribution in [0.25, 0.3) is 10.9 Å². The predicted molar refractivity (Wildman–Crippen MR) is 124 cm³/mol. The molecule has 0 bridgehead atoms. The molecule has 0 amide bonds. The largest absolute Gasteiger partial charge is 0.478 e. The van der Waals surface area contributed by atoms with Gasteiger partial charge in [-0.15, -0.1) is 3.97 Å². The molecule has 0 saturated carbocycles. The molecule has 0 unspecified atom stereocenters. The lowest BCUT2D eigenvalue weighted by Gasteiger charge is -2.15. The summed E-state index contributed by atoms with van der Waals surface area (Å²) in [7, 11) is -4.55. The van der Waals surface area contributed by atoms with Crippen LogP contribution in [0, 0.1) is 0 Å². The minimum Gasteiger partial charge on any atom is -0.478 e.